The van der Waals surface area contributed by atoms with Crippen LogP contribution in [0.25, 0.3) is 0 Å². The van der Waals surface area contributed by atoms with Crippen LogP contribution in [0.3, 0.4) is 0 Å². The van der Waals surface area contributed by atoms with E-state index in [-0.39, 0.29) is 6.61 Å². The third kappa shape index (κ3) is 2.63. The molecule has 3 heteroatoms. The molecule has 3 nitrogen and oxygen atoms in total. The van der Waals surface area contributed by atoms with Crippen LogP contribution < -0.4 is 9.47 Å². The van der Waals surface area contributed by atoms with E-state index in [0.29, 0.717) is 0 Å². The quantitative estimate of drug-likeness (QED) is 0.807. The number of methoxy groups -OCH3 is 2. The van der Waals surface area contributed by atoms with E-state index >= 15 is 0 Å². The van der Waals surface area contributed by atoms with E-state index in [9.17, 15) is 0 Å². The Hall–Kier alpha value is -1.22. The van der Waals surface area contributed by atoms with E-state index in [4.69, 9.17) is 14.6 Å². The molecule has 1 aromatic rings. The highest BCUT2D eigenvalue weighted by atomic mass is 16.5. The standard InChI is InChI=1S/C12H18O3/c1-9-10(5-4-8-13)12(15-3)7-6-11(9)14-2/h6-7,13H,4-5,8H2,1-3H3. The summed E-state index contributed by atoms with van der Waals surface area (Å²) in [4.78, 5) is 0. The van der Waals surface area contributed by atoms with Crippen molar-refractivity contribution in [3.05, 3.63) is 23.3 Å². The summed E-state index contributed by atoms with van der Waals surface area (Å²) in [5.74, 6) is 1.73. The van der Waals surface area contributed by atoms with Crippen molar-refractivity contribution in [3.8, 4) is 11.5 Å². The lowest BCUT2D eigenvalue weighted by molar-refractivity contribution is 0.287. The normalized spacial score (nSPS) is 10.1. The van der Waals surface area contributed by atoms with Crippen molar-refractivity contribution in [1.82, 2.24) is 0 Å². The van der Waals surface area contributed by atoms with Crippen molar-refractivity contribution in [2.45, 2.75) is 19.8 Å². The lowest BCUT2D eigenvalue weighted by Gasteiger charge is -2.14. The van der Waals surface area contributed by atoms with Gasteiger partial charge in [0.15, 0.2) is 0 Å². The molecule has 1 N–H and O–H groups in total. The Morgan fingerprint density at radius 2 is 1.73 bits per heavy atom. The Balaban J connectivity index is 3.05. The zero-order valence-electron chi connectivity index (χ0n) is 9.54. The molecule has 0 spiro atoms. The molecule has 0 unspecified atom stereocenters. The number of hydrogen-bond acceptors (Lipinski definition) is 3. The van der Waals surface area contributed by atoms with Crippen LogP contribution in [0.2, 0.25) is 0 Å². The first-order valence-corrected chi connectivity index (χ1v) is 5.06. The average Bonchev–Trinajstić information content (AvgIpc) is 2.27. The van der Waals surface area contributed by atoms with Gasteiger partial charge in [-0.05, 0) is 37.5 Å². The first-order chi connectivity index (χ1) is 7.24. The Morgan fingerprint density at radius 3 is 2.27 bits per heavy atom. The zero-order valence-corrected chi connectivity index (χ0v) is 9.54. The van der Waals surface area contributed by atoms with Gasteiger partial charge in [-0.1, -0.05) is 0 Å². The van der Waals surface area contributed by atoms with Crippen LogP contribution >= 0.6 is 0 Å². The fourth-order valence-electron chi connectivity index (χ4n) is 1.69. The fraction of sp³-hybridized carbons (Fsp3) is 0.500. The number of ether oxygens (including phenoxy) is 2. The van der Waals surface area contributed by atoms with Crippen LogP contribution in [0.5, 0.6) is 11.5 Å². The van der Waals surface area contributed by atoms with Crippen LogP contribution in [0, 0.1) is 6.92 Å². The molecular formula is C12H18O3. The van der Waals surface area contributed by atoms with Gasteiger partial charge in [0, 0.05) is 12.2 Å². The molecular weight excluding hydrogens is 192 g/mol. The lowest BCUT2D eigenvalue weighted by Crippen LogP contribution is -1.99. The van der Waals surface area contributed by atoms with E-state index in [1.54, 1.807) is 14.2 Å². The molecule has 0 radical (unpaired) electrons. The molecule has 0 amide bonds. The third-order valence-electron chi connectivity index (χ3n) is 2.53. The number of aliphatic hydroxyl groups is 1. The summed E-state index contributed by atoms with van der Waals surface area (Å²) in [5, 5.41) is 8.84. The summed E-state index contributed by atoms with van der Waals surface area (Å²) >= 11 is 0. The molecule has 0 aromatic heterocycles. The number of rotatable bonds is 5. The maximum atomic E-state index is 8.84. The summed E-state index contributed by atoms with van der Waals surface area (Å²) in [7, 11) is 3.31. The van der Waals surface area contributed by atoms with Crippen LogP contribution in [0.15, 0.2) is 12.1 Å². The molecule has 0 saturated heterocycles. The molecule has 0 bridgehead atoms. The van der Waals surface area contributed by atoms with Gasteiger partial charge in [0.2, 0.25) is 0 Å². The third-order valence-corrected chi connectivity index (χ3v) is 2.53. The second-order valence-electron chi connectivity index (χ2n) is 3.40. The summed E-state index contributed by atoms with van der Waals surface area (Å²) in [6, 6.07) is 3.80. The number of aliphatic hydroxyl groups excluding tert-OH is 1. The molecule has 1 rings (SSSR count). The number of benzene rings is 1. The second kappa shape index (κ2) is 5.61. The van der Waals surface area contributed by atoms with E-state index in [2.05, 4.69) is 0 Å². The van der Waals surface area contributed by atoms with E-state index in [1.165, 1.54) is 0 Å². The van der Waals surface area contributed by atoms with E-state index < -0.39 is 0 Å². The Bertz CT molecular complexity index is 321. The summed E-state index contributed by atoms with van der Waals surface area (Å²) in [6.45, 7) is 2.20. The largest absolute Gasteiger partial charge is 0.496 e. The van der Waals surface area contributed by atoms with Crippen molar-refractivity contribution in [2.24, 2.45) is 0 Å². The minimum absolute atomic E-state index is 0.194. The molecule has 0 aliphatic heterocycles. The minimum atomic E-state index is 0.194. The smallest absolute Gasteiger partial charge is 0.122 e. The molecule has 0 heterocycles. The van der Waals surface area contributed by atoms with Crippen LogP contribution in [0.4, 0.5) is 0 Å². The highest BCUT2D eigenvalue weighted by Gasteiger charge is 2.10. The highest BCUT2D eigenvalue weighted by Crippen LogP contribution is 2.30. The Kier molecular flexibility index (Phi) is 4.43. The van der Waals surface area contributed by atoms with Gasteiger partial charge in [0.1, 0.15) is 11.5 Å². The molecule has 0 aliphatic rings. The van der Waals surface area contributed by atoms with Crippen LogP contribution in [-0.4, -0.2) is 25.9 Å². The molecule has 0 saturated carbocycles. The molecule has 15 heavy (non-hydrogen) atoms. The van der Waals surface area contributed by atoms with Gasteiger partial charge in [-0.25, -0.2) is 0 Å². The van der Waals surface area contributed by atoms with Gasteiger partial charge in [-0.3, -0.25) is 0 Å². The van der Waals surface area contributed by atoms with Gasteiger partial charge >= 0.3 is 0 Å². The Morgan fingerprint density at radius 1 is 1.13 bits per heavy atom. The Labute approximate surface area is 90.6 Å². The molecule has 0 atom stereocenters. The predicted octanol–water partition coefficient (Wildman–Crippen LogP) is 1.94. The van der Waals surface area contributed by atoms with Gasteiger partial charge in [-0.2, -0.15) is 0 Å². The minimum Gasteiger partial charge on any atom is -0.496 e. The summed E-state index contributed by atoms with van der Waals surface area (Å²) < 4.78 is 10.5. The maximum Gasteiger partial charge on any atom is 0.122 e. The average molecular weight is 210 g/mol. The highest BCUT2D eigenvalue weighted by molar-refractivity contribution is 5.48. The SMILES string of the molecule is COc1ccc(OC)c(CCCO)c1C. The van der Waals surface area contributed by atoms with Crippen molar-refractivity contribution < 1.29 is 14.6 Å². The van der Waals surface area contributed by atoms with E-state index in [1.807, 2.05) is 19.1 Å². The monoisotopic (exact) mass is 210 g/mol. The second-order valence-corrected chi connectivity index (χ2v) is 3.40. The first kappa shape index (κ1) is 11.9. The molecule has 1 aromatic carbocycles. The van der Waals surface area contributed by atoms with Crippen molar-refractivity contribution >= 4 is 0 Å². The zero-order chi connectivity index (χ0) is 11.3. The molecule has 0 aliphatic carbocycles. The molecule has 84 valence electrons. The van der Waals surface area contributed by atoms with E-state index in [0.717, 1.165) is 35.5 Å². The van der Waals surface area contributed by atoms with Crippen molar-refractivity contribution in [1.29, 1.82) is 0 Å². The molecule has 0 fully saturated rings. The fourth-order valence-corrected chi connectivity index (χ4v) is 1.69. The predicted molar refractivity (Wildman–Crippen MR) is 59.7 cm³/mol. The van der Waals surface area contributed by atoms with Gasteiger partial charge in [-0.15, -0.1) is 0 Å². The van der Waals surface area contributed by atoms with Gasteiger partial charge < -0.3 is 14.6 Å². The first-order valence-electron chi connectivity index (χ1n) is 5.06. The summed E-state index contributed by atoms with van der Waals surface area (Å²) in [6.07, 6.45) is 1.55. The van der Waals surface area contributed by atoms with Gasteiger partial charge in [0.25, 0.3) is 0 Å². The lowest BCUT2D eigenvalue weighted by atomic mass is 10.0. The van der Waals surface area contributed by atoms with Crippen LogP contribution in [-0.2, 0) is 6.42 Å². The summed E-state index contributed by atoms with van der Waals surface area (Å²) in [5.41, 5.74) is 2.20. The van der Waals surface area contributed by atoms with Crippen molar-refractivity contribution in [3.63, 3.8) is 0 Å². The van der Waals surface area contributed by atoms with Gasteiger partial charge in [0.05, 0.1) is 14.2 Å². The number of hydrogen-bond donors (Lipinski definition) is 1. The maximum absolute atomic E-state index is 8.84. The topological polar surface area (TPSA) is 38.7 Å². The van der Waals surface area contributed by atoms with Crippen molar-refractivity contribution in [2.75, 3.05) is 20.8 Å². The van der Waals surface area contributed by atoms with Crippen LogP contribution in [0.1, 0.15) is 17.5 Å².